The first-order chi connectivity index (χ1) is 3.66. The molecule has 8 heavy (non-hydrogen) atoms. The summed E-state index contributed by atoms with van der Waals surface area (Å²) in [4.78, 5) is 0. The second kappa shape index (κ2) is 5.11. The van der Waals surface area contributed by atoms with Crippen molar-refractivity contribution < 1.29 is 0 Å². The Labute approximate surface area is 69.0 Å². The van der Waals surface area contributed by atoms with Crippen LogP contribution >= 0.6 is 11.1 Å². The Morgan fingerprint density at radius 2 is 1.75 bits per heavy atom. The molecule has 0 radical (unpaired) electrons. The quantitative estimate of drug-likeness (QED) is 0.344. The van der Waals surface area contributed by atoms with E-state index in [9.17, 15) is 0 Å². The molecule has 0 aliphatic heterocycles. The highest BCUT2D eigenvalue weighted by molar-refractivity contribution is 6.97. The second-order valence-electron chi connectivity index (χ2n) is 2.20. The SMILES string of the molecule is [SiH3]N([SiH3])[SiH2]N([SiH3])[SiH2]Cl. The number of nitrogens with zero attached hydrogens (tertiary/aromatic N) is 2. The van der Waals surface area contributed by atoms with E-state index in [1.807, 2.05) is 0 Å². The van der Waals surface area contributed by atoms with E-state index in [1.54, 1.807) is 0 Å². The highest BCUT2D eigenvalue weighted by Gasteiger charge is 1.95. The Morgan fingerprint density at radius 3 is 1.88 bits per heavy atom. The van der Waals surface area contributed by atoms with E-state index in [0.717, 1.165) is 0 Å². The summed E-state index contributed by atoms with van der Waals surface area (Å²) in [6, 6.07) is 0. The molecule has 0 saturated heterocycles. The first-order valence-corrected chi connectivity index (χ1v) is 9.28. The molecule has 0 N–H and O–H groups in total. The van der Waals surface area contributed by atoms with Crippen molar-refractivity contribution in [3.8, 4) is 0 Å². The van der Waals surface area contributed by atoms with Crippen LogP contribution in [0, 0.1) is 0 Å². The van der Waals surface area contributed by atoms with Crippen LogP contribution in [-0.2, 0) is 0 Å². The Balaban J connectivity index is 3.10. The summed E-state index contributed by atoms with van der Waals surface area (Å²) < 4.78 is 5.06. The summed E-state index contributed by atoms with van der Waals surface area (Å²) in [7, 11) is 3.54. The molecule has 0 aromatic rings. The summed E-state index contributed by atoms with van der Waals surface area (Å²) in [5.41, 5.74) is 0. The van der Waals surface area contributed by atoms with Crippen LogP contribution in [0.1, 0.15) is 0 Å². The molecule has 0 bridgehead atoms. The molecule has 50 valence electrons. The fourth-order valence-corrected chi connectivity index (χ4v) is 14.1. The van der Waals surface area contributed by atoms with Crippen molar-refractivity contribution in [3.63, 3.8) is 0 Å². The zero-order valence-corrected chi connectivity index (χ0v) is 15.3. The van der Waals surface area contributed by atoms with E-state index in [0.29, 0.717) is 0 Å². The number of hydrogen-bond acceptors (Lipinski definition) is 2. The van der Waals surface area contributed by atoms with Crippen molar-refractivity contribution in [2.45, 2.75) is 0 Å². The van der Waals surface area contributed by atoms with Gasteiger partial charge in [0, 0.05) is 0 Å². The van der Waals surface area contributed by atoms with Crippen LogP contribution in [0.2, 0.25) is 0 Å². The van der Waals surface area contributed by atoms with Crippen LogP contribution in [0.25, 0.3) is 0 Å². The van der Waals surface area contributed by atoms with Gasteiger partial charge in [-0.1, -0.05) is 0 Å². The van der Waals surface area contributed by atoms with E-state index in [-0.39, 0.29) is 18.8 Å². The van der Waals surface area contributed by atoms with Crippen molar-refractivity contribution in [3.05, 3.63) is 0 Å². The minimum atomic E-state index is -0.273. The van der Waals surface area contributed by atoms with Gasteiger partial charge in [-0.2, -0.15) is 11.1 Å². The maximum Gasteiger partial charge on any atom is 0.185 e. The van der Waals surface area contributed by atoms with Gasteiger partial charge in [0.25, 0.3) is 0 Å². The minimum absolute atomic E-state index is 0.0521. The summed E-state index contributed by atoms with van der Waals surface area (Å²) in [5, 5.41) is 0. The van der Waals surface area contributed by atoms with Crippen LogP contribution < -0.4 is 0 Å². The summed E-state index contributed by atoms with van der Waals surface area (Å²) in [6.45, 7) is 0. The minimum Gasteiger partial charge on any atom is -0.377 e. The fraction of sp³-hybridized carbons (Fsp3) is 0. The van der Waals surface area contributed by atoms with Gasteiger partial charge in [0.1, 0.15) is 9.84 Å². The molecule has 0 aromatic carbocycles. The number of halogens is 1. The third-order valence-electron chi connectivity index (χ3n) is 0.728. The molecule has 8 heteroatoms. The number of hydrogen-bond donors (Lipinski definition) is 0. The second-order valence-corrected chi connectivity index (χ2v) is 18.9. The van der Waals surface area contributed by atoms with Gasteiger partial charge in [0.05, 0.1) is 31.2 Å². The monoisotopic (exact) mass is 216 g/mol. The molecule has 0 saturated carbocycles. The Hall–Kier alpha value is 1.29. The van der Waals surface area contributed by atoms with Crippen LogP contribution in [-0.4, -0.2) is 57.8 Å². The van der Waals surface area contributed by atoms with E-state index in [2.05, 4.69) is 7.79 Å². The van der Waals surface area contributed by atoms with Gasteiger partial charge in [-0.25, -0.2) is 0 Å². The standard InChI is InChI=1S/ClH13N2Si5/c1-7-3(6)8-2(4)5/h7-8H2,4-6H3. The molecule has 0 heterocycles. The molecule has 0 spiro atoms. The number of rotatable bonds is 3. The van der Waals surface area contributed by atoms with Crippen LogP contribution in [0.4, 0.5) is 0 Å². The Morgan fingerprint density at radius 1 is 1.25 bits per heavy atom. The summed E-state index contributed by atoms with van der Waals surface area (Å²) >= 11 is 5.73. The molecule has 0 fully saturated rings. The Bertz CT molecular complexity index is 56.4. The fourth-order valence-electron chi connectivity index (χ4n) is 0.521. The van der Waals surface area contributed by atoms with Gasteiger partial charge in [-0.15, -0.1) is 0 Å². The topological polar surface area (TPSA) is 6.48 Å². The van der Waals surface area contributed by atoms with Gasteiger partial charge in [-0.05, 0) is 0 Å². The lowest BCUT2D eigenvalue weighted by Crippen LogP contribution is -2.37. The molecule has 0 unspecified atom stereocenters. The van der Waals surface area contributed by atoms with E-state index in [1.165, 1.54) is 31.2 Å². The van der Waals surface area contributed by atoms with Crippen LogP contribution in [0.5, 0.6) is 0 Å². The summed E-state index contributed by atoms with van der Waals surface area (Å²) in [6.07, 6.45) is 0. The van der Waals surface area contributed by atoms with Crippen LogP contribution in [0.3, 0.4) is 0 Å². The zero-order valence-electron chi connectivity index (χ0n) is 5.69. The van der Waals surface area contributed by atoms with Gasteiger partial charge in [0.15, 0.2) is 8.99 Å². The molecule has 0 rings (SSSR count). The first-order valence-electron chi connectivity index (χ1n) is 2.56. The normalized spacial score (nSPS) is 15.4. The van der Waals surface area contributed by atoms with Crippen molar-refractivity contribution in [1.82, 2.24) is 7.79 Å². The molecule has 0 aromatic heterocycles. The lowest BCUT2D eigenvalue weighted by atomic mass is 13.7. The van der Waals surface area contributed by atoms with Crippen molar-refractivity contribution in [1.29, 1.82) is 0 Å². The van der Waals surface area contributed by atoms with Gasteiger partial charge in [0.2, 0.25) is 0 Å². The largest absolute Gasteiger partial charge is 0.377 e. The molecular formula is H13ClN2Si5. The van der Waals surface area contributed by atoms with E-state index >= 15 is 0 Å². The van der Waals surface area contributed by atoms with Gasteiger partial charge >= 0.3 is 0 Å². The Kier molecular flexibility index (Phi) is 5.94. The van der Waals surface area contributed by atoms with Crippen LogP contribution in [0.15, 0.2) is 0 Å². The van der Waals surface area contributed by atoms with Gasteiger partial charge < -0.3 is 7.79 Å². The molecule has 0 amide bonds. The summed E-state index contributed by atoms with van der Waals surface area (Å²) in [5.74, 6) is 0. The molecular weight excluding hydrogens is 204 g/mol. The third-order valence-corrected chi connectivity index (χ3v) is 10.2. The molecule has 0 aliphatic carbocycles. The average Bonchev–Trinajstić information content (AvgIpc) is 1.65. The van der Waals surface area contributed by atoms with Gasteiger partial charge in [-0.3, -0.25) is 0 Å². The average molecular weight is 217 g/mol. The lowest BCUT2D eigenvalue weighted by molar-refractivity contribution is 0.995. The maximum absolute atomic E-state index is 5.73. The zero-order chi connectivity index (χ0) is 6.57. The molecule has 0 atom stereocenters. The first kappa shape index (κ1) is 9.29. The van der Waals surface area contributed by atoms with Crippen molar-refractivity contribution in [2.24, 2.45) is 0 Å². The predicted octanol–water partition coefficient (Wildman–Crippen LogP) is -5.33. The van der Waals surface area contributed by atoms with Crippen molar-refractivity contribution in [2.75, 3.05) is 0 Å². The maximum atomic E-state index is 5.73. The highest BCUT2D eigenvalue weighted by atomic mass is 35.6. The highest BCUT2D eigenvalue weighted by Crippen LogP contribution is 1.77. The smallest absolute Gasteiger partial charge is 0.185 e. The van der Waals surface area contributed by atoms with E-state index < -0.39 is 0 Å². The lowest BCUT2D eigenvalue weighted by Gasteiger charge is -2.17. The predicted molar refractivity (Wildman–Crippen MR) is 56.4 cm³/mol. The molecule has 0 aliphatic rings. The van der Waals surface area contributed by atoms with Crippen molar-refractivity contribution >= 4 is 61.1 Å². The molecule has 2 nitrogen and oxygen atoms in total. The van der Waals surface area contributed by atoms with E-state index in [4.69, 9.17) is 11.1 Å². The third kappa shape index (κ3) is 5.43.